The van der Waals surface area contributed by atoms with Crippen LogP contribution >= 0.6 is 11.3 Å². The Bertz CT molecular complexity index is 1080. The standard InChI is InChI=1S/C16H9FN2OS/c17-11-6-2-1-5-10(11)9-14-15(20)19-13-8-4-3-7-12(13)18-16(19)21-14/h1-9H. The Kier molecular flexibility index (Phi) is 2.62. The number of halogens is 1. The summed E-state index contributed by atoms with van der Waals surface area (Å²) in [6, 6.07) is 13.9. The fraction of sp³-hybridized carbons (Fsp3) is 0. The lowest BCUT2D eigenvalue weighted by Gasteiger charge is -1.92. The van der Waals surface area contributed by atoms with Crippen LogP contribution in [-0.2, 0) is 0 Å². The molecule has 0 N–H and O–H groups in total. The molecule has 3 nitrogen and oxygen atoms in total. The third-order valence-corrected chi connectivity index (χ3v) is 4.31. The first kappa shape index (κ1) is 12.2. The van der Waals surface area contributed by atoms with Crippen LogP contribution in [0.15, 0.2) is 53.3 Å². The van der Waals surface area contributed by atoms with Crippen LogP contribution in [0.2, 0.25) is 0 Å². The maximum absolute atomic E-state index is 13.7. The first-order valence-corrected chi connectivity index (χ1v) is 7.22. The monoisotopic (exact) mass is 296 g/mol. The maximum atomic E-state index is 13.7. The summed E-state index contributed by atoms with van der Waals surface area (Å²) in [5.41, 5.74) is 1.82. The maximum Gasteiger partial charge on any atom is 0.274 e. The topological polar surface area (TPSA) is 34.4 Å². The van der Waals surface area contributed by atoms with Crippen molar-refractivity contribution in [2.75, 3.05) is 0 Å². The molecule has 0 spiro atoms. The fourth-order valence-electron chi connectivity index (χ4n) is 2.35. The van der Waals surface area contributed by atoms with Gasteiger partial charge in [0.05, 0.1) is 15.6 Å². The van der Waals surface area contributed by atoms with E-state index in [-0.39, 0.29) is 11.4 Å². The summed E-state index contributed by atoms with van der Waals surface area (Å²) in [7, 11) is 0. The Morgan fingerprint density at radius 2 is 1.86 bits per heavy atom. The molecule has 0 radical (unpaired) electrons. The molecule has 2 aromatic carbocycles. The third kappa shape index (κ3) is 1.86. The number of hydrogen-bond acceptors (Lipinski definition) is 3. The van der Waals surface area contributed by atoms with Gasteiger partial charge >= 0.3 is 0 Å². The van der Waals surface area contributed by atoms with Gasteiger partial charge in [0.2, 0.25) is 0 Å². The van der Waals surface area contributed by atoms with Gasteiger partial charge in [0.25, 0.3) is 5.56 Å². The van der Waals surface area contributed by atoms with Crippen molar-refractivity contribution in [1.82, 2.24) is 9.38 Å². The van der Waals surface area contributed by atoms with E-state index in [1.165, 1.54) is 17.4 Å². The van der Waals surface area contributed by atoms with Gasteiger partial charge in [-0.15, -0.1) is 0 Å². The van der Waals surface area contributed by atoms with Crippen molar-refractivity contribution >= 4 is 33.4 Å². The first-order valence-electron chi connectivity index (χ1n) is 6.40. The lowest BCUT2D eigenvalue weighted by molar-refractivity contribution is 0.625. The predicted octanol–water partition coefficient (Wildman–Crippen LogP) is 2.60. The molecule has 0 aliphatic heterocycles. The summed E-state index contributed by atoms with van der Waals surface area (Å²) < 4.78 is 15.7. The molecule has 0 saturated carbocycles. The highest BCUT2D eigenvalue weighted by atomic mass is 32.1. The van der Waals surface area contributed by atoms with Crippen molar-refractivity contribution in [2.45, 2.75) is 0 Å². The van der Waals surface area contributed by atoms with Gasteiger partial charge in [-0.1, -0.05) is 41.7 Å². The van der Waals surface area contributed by atoms with E-state index in [4.69, 9.17) is 0 Å². The molecule has 0 aliphatic carbocycles. The molecule has 0 atom stereocenters. The van der Waals surface area contributed by atoms with Crippen molar-refractivity contribution in [1.29, 1.82) is 0 Å². The molecule has 0 aliphatic rings. The average Bonchev–Trinajstić information content (AvgIpc) is 2.99. The third-order valence-electron chi connectivity index (χ3n) is 3.34. The second-order valence-electron chi connectivity index (χ2n) is 4.66. The molecule has 4 aromatic rings. The number of fused-ring (bicyclic) bond motifs is 3. The molecule has 5 heteroatoms. The second-order valence-corrected chi connectivity index (χ2v) is 5.66. The predicted molar refractivity (Wildman–Crippen MR) is 82.0 cm³/mol. The van der Waals surface area contributed by atoms with Crippen molar-refractivity contribution in [3.8, 4) is 0 Å². The Balaban J connectivity index is 2.06. The van der Waals surface area contributed by atoms with E-state index in [2.05, 4.69) is 4.98 Å². The van der Waals surface area contributed by atoms with E-state index in [0.29, 0.717) is 15.1 Å². The Hall–Kier alpha value is -2.53. The minimum Gasteiger partial charge on any atom is -0.267 e. The van der Waals surface area contributed by atoms with Crippen LogP contribution in [0.3, 0.4) is 0 Å². The number of hydrogen-bond donors (Lipinski definition) is 0. The normalized spacial score (nSPS) is 12.5. The summed E-state index contributed by atoms with van der Waals surface area (Å²) in [4.78, 5) is 17.6. The van der Waals surface area contributed by atoms with Crippen LogP contribution < -0.4 is 10.1 Å². The van der Waals surface area contributed by atoms with Gasteiger partial charge in [-0.3, -0.25) is 4.79 Å². The Labute approximate surface area is 122 Å². The minimum absolute atomic E-state index is 0.160. The number of nitrogens with zero attached hydrogens (tertiary/aromatic N) is 2. The number of benzene rings is 2. The van der Waals surface area contributed by atoms with Crippen LogP contribution in [0.25, 0.3) is 22.1 Å². The molecular weight excluding hydrogens is 287 g/mol. The SMILES string of the molecule is O=c1c(=Cc2ccccc2F)sc2nc3ccccc3n12. The van der Waals surface area contributed by atoms with Gasteiger partial charge in [0, 0.05) is 5.56 Å². The highest BCUT2D eigenvalue weighted by Gasteiger charge is 2.10. The molecule has 0 amide bonds. The quantitative estimate of drug-likeness (QED) is 0.541. The molecule has 0 fully saturated rings. The number of para-hydroxylation sites is 2. The molecule has 0 saturated heterocycles. The van der Waals surface area contributed by atoms with E-state index in [9.17, 15) is 9.18 Å². The van der Waals surface area contributed by atoms with Crippen molar-refractivity contribution < 1.29 is 4.39 Å². The van der Waals surface area contributed by atoms with E-state index in [0.717, 1.165) is 11.0 Å². The van der Waals surface area contributed by atoms with E-state index in [1.54, 1.807) is 28.7 Å². The lowest BCUT2D eigenvalue weighted by Crippen LogP contribution is -2.22. The Morgan fingerprint density at radius 1 is 1.10 bits per heavy atom. The molecule has 4 rings (SSSR count). The first-order chi connectivity index (χ1) is 10.2. The zero-order chi connectivity index (χ0) is 14.4. The van der Waals surface area contributed by atoms with E-state index in [1.807, 2.05) is 24.3 Å². The average molecular weight is 296 g/mol. The molecule has 0 unspecified atom stereocenters. The number of aromatic nitrogens is 2. The largest absolute Gasteiger partial charge is 0.274 e. The summed E-state index contributed by atoms with van der Waals surface area (Å²) in [5.74, 6) is -0.340. The van der Waals surface area contributed by atoms with Crippen molar-refractivity contribution in [3.05, 3.63) is 74.8 Å². The summed E-state index contributed by atoms with van der Waals surface area (Å²) in [5, 5.41) is 0. The van der Waals surface area contributed by atoms with Gasteiger partial charge in [-0.25, -0.2) is 13.8 Å². The molecular formula is C16H9FN2OS. The van der Waals surface area contributed by atoms with E-state index < -0.39 is 0 Å². The summed E-state index contributed by atoms with van der Waals surface area (Å²) in [6.07, 6.45) is 1.58. The van der Waals surface area contributed by atoms with Crippen LogP contribution in [0.1, 0.15) is 5.56 Å². The highest BCUT2D eigenvalue weighted by Crippen LogP contribution is 2.15. The van der Waals surface area contributed by atoms with Gasteiger partial charge in [-0.05, 0) is 24.3 Å². The van der Waals surface area contributed by atoms with Crippen LogP contribution in [0, 0.1) is 5.82 Å². The molecule has 2 aromatic heterocycles. The van der Waals surface area contributed by atoms with Crippen LogP contribution in [-0.4, -0.2) is 9.38 Å². The van der Waals surface area contributed by atoms with Crippen molar-refractivity contribution in [3.63, 3.8) is 0 Å². The van der Waals surface area contributed by atoms with Gasteiger partial charge in [0.1, 0.15) is 5.82 Å². The van der Waals surface area contributed by atoms with Crippen molar-refractivity contribution in [2.24, 2.45) is 0 Å². The number of imidazole rings is 1. The number of thiazole rings is 1. The molecule has 21 heavy (non-hydrogen) atoms. The second kappa shape index (κ2) is 4.49. The van der Waals surface area contributed by atoms with Crippen LogP contribution in [0.5, 0.6) is 0 Å². The van der Waals surface area contributed by atoms with E-state index >= 15 is 0 Å². The fourth-order valence-corrected chi connectivity index (χ4v) is 3.32. The lowest BCUT2D eigenvalue weighted by atomic mass is 10.2. The Morgan fingerprint density at radius 3 is 2.71 bits per heavy atom. The molecule has 2 heterocycles. The molecule has 102 valence electrons. The van der Waals surface area contributed by atoms with Gasteiger partial charge in [0.15, 0.2) is 4.96 Å². The summed E-state index contributed by atoms with van der Waals surface area (Å²) in [6.45, 7) is 0. The molecule has 0 bridgehead atoms. The minimum atomic E-state index is -0.340. The van der Waals surface area contributed by atoms with Crippen LogP contribution in [0.4, 0.5) is 4.39 Å². The highest BCUT2D eigenvalue weighted by molar-refractivity contribution is 7.15. The number of rotatable bonds is 1. The smallest absolute Gasteiger partial charge is 0.267 e. The van der Waals surface area contributed by atoms with Gasteiger partial charge in [-0.2, -0.15) is 0 Å². The zero-order valence-electron chi connectivity index (χ0n) is 10.8. The summed E-state index contributed by atoms with van der Waals surface area (Å²) >= 11 is 1.27. The van der Waals surface area contributed by atoms with Gasteiger partial charge < -0.3 is 0 Å². The zero-order valence-corrected chi connectivity index (χ0v) is 11.6.